The van der Waals surface area contributed by atoms with Crippen LogP contribution in [0, 0.1) is 13.8 Å². The molecule has 0 aliphatic heterocycles. The van der Waals surface area contributed by atoms with Crippen molar-refractivity contribution in [1.82, 2.24) is 0 Å². The van der Waals surface area contributed by atoms with E-state index in [2.05, 4.69) is 28.9 Å². The maximum absolute atomic E-state index is 10.6. The highest BCUT2D eigenvalue weighted by molar-refractivity contribution is 9.10. The third kappa shape index (κ3) is 5.30. The summed E-state index contributed by atoms with van der Waals surface area (Å²) >= 11 is 3.57. The SMILES string of the molecule is CCCCCCCCC(O)c1c(C)c(Br)cc(C)c1OC. The van der Waals surface area contributed by atoms with Gasteiger partial charge in [0.15, 0.2) is 0 Å². The summed E-state index contributed by atoms with van der Waals surface area (Å²) in [7, 11) is 1.68. The van der Waals surface area contributed by atoms with Gasteiger partial charge < -0.3 is 9.84 Å². The fourth-order valence-electron chi connectivity index (χ4n) is 2.81. The first-order valence-electron chi connectivity index (χ1n) is 8.04. The van der Waals surface area contributed by atoms with Crippen molar-refractivity contribution in [3.8, 4) is 5.75 Å². The van der Waals surface area contributed by atoms with Gasteiger partial charge in [-0.15, -0.1) is 0 Å². The molecule has 0 heterocycles. The fourth-order valence-corrected chi connectivity index (χ4v) is 3.37. The Kier molecular flexibility index (Phi) is 8.35. The Hall–Kier alpha value is -0.540. The van der Waals surface area contributed by atoms with E-state index in [1.807, 2.05) is 13.8 Å². The van der Waals surface area contributed by atoms with Gasteiger partial charge in [-0.1, -0.05) is 61.4 Å². The minimum atomic E-state index is -0.442. The molecule has 1 aromatic rings. The first kappa shape index (κ1) is 18.5. The van der Waals surface area contributed by atoms with Crippen molar-refractivity contribution in [2.75, 3.05) is 7.11 Å². The zero-order valence-corrected chi connectivity index (χ0v) is 15.4. The van der Waals surface area contributed by atoms with Crippen LogP contribution in [0.4, 0.5) is 0 Å². The molecule has 3 heteroatoms. The summed E-state index contributed by atoms with van der Waals surface area (Å²) in [6.45, 7) is 6.28. The van der Waals surface area contributed by atoms with Crippen LogP contribution in [-0.4, -0.2) is 12.2 Å². The molecule has 0 aliphatic carbocycles. The molecule has 120 valence electrons. The predicted octanol–water partition coefficient (Wildman–Crippen LogP) is 5.86. The molecule has 21 heavy (non-hydrogen) atoms. The quantitative estimate of drug-likeness (QED) is 0.561. The van der Waals surface area contributed by atoms with Crippen molar-refractivity contribution in [2.24, 2.45) is 0 Å². The Bertz CT molecular complexity index is 443. The van der Waals surface area contributed by atoms with Crippen LogP contribution in [0.5, 0.6) is 5.75 Å². The number of aliphatic hydroxyl groups is 1. The molecule has 1 rings (SSSR count). The molecule has 0 radical (unpaired) electrons. The fraction of sp³-hybridized carbons (Fsp3) is 0.667. The van der Waals surface area contributed by atoms with Gasteiger partial charge in [0.25, 0.3) is 0 Å². The number of aryl methyl sites for hydroxylation is 1. The van der Waals surface area contributed by atoms with Crippen LogP contribution in [0.3, 0.4) is 0 Å². The first-order valence-corrected chi connectivity index (χ1v) is 8.83. The Morgan fingerprint density at radius 1 is 1.14 bits per heavy atom. The Labute approximate surface area is 138 Å². The zero-order valence-electron chi connectivity index (χ0n) is 13.8. The van der Waals surface area contributed by atoms with Crippen LogP contribution in [0.15, 0.2) is 10.5 Å². The molecular weight excluding hydrogens is 328 g/mol. The topological polar surface area (TPSA) is 29.5 Å². The summed E-state index contributed by atoms with van der Waals surface area (Å²) in [5.74, 6) is 0.828. The second kappa shape index (κ2) is 9.47. The molecule has 0 amide bonds. The van der Waals surface area contributed by atoms with E-state index in [9.17, 15) is 5.11 Å². The van der Waals surface area contributed by atoms with Gasteiger partial charge in [-0.25, -0.2) is 0 Å². The largest absolute Gasteiger partial charge is 0.496 e. The van der Waals surface area contributed by atoms with E-state index in [0.717, 1.165) is 39.8 Å². The summed E-state index contributed by atoms with van der Waals surface area (Å²) in [6.07, 6.45) is 7.81. The highest BCUT2D eigenvalue weighted by Crippen LogP contribution is 2.38. The summed E-state index contributed by atoms with van der Waals surface area (Å²) in [6, 6.07) is 2.05. The van der Waals surface area contributed by atoms with Crippen molar-refractivity contribution in [2.45, 2.75) is 71.8 Å². The number of hydrogen-bond donors (Lipinski definition) is 1. The number of rotatable bonds is 9. The molecule has 0 aliphatic rings. The number of halogens is 1. The average Bonchev–Trinajstić information content (AvgIpc) is 2.45. The van der Waals surface area contributed by atoms with Crippen molar-refractivity contribution < 1.29 is 9.84 Å². The van der Waals surface area contributed by atoms with Crippen LogP contribution in [0.25, 0.3) is 0 Å². The van der Waals surface area contributed by atoms with Crippen LogP contribution >= 0.6 is 15.9 Å². The lowest BCUT2D eigenvalue weighted by Crippen LogP contribution is -2.05. The van der Waals surface area contributed by atoms with Gasteiger partial charge in [-0.3, -0.25) is 0 Å². The third-order valence-corrected chi connectivity index (χ3v) is 4.90. The van der Waals surface area contributed by atoms with Crippen LogP contribution in [0.1, 0.15) is 74.7 Å². The summed E-state index contributed by atoms with van der Waals surface area (Å²) in [5.41, 5.74) is 3.08. The van der Waals surface area contributed by atoms with Gasteiger partial charge in [-0.2, -0.15) is 0 Å². The van der Waals surface area contributed by atoms with Crippen LogP contribution < -0.4 is 4.74 Å². The number of benzene rings is 1. The van der Waals surface area contributed by atoms with Gasteiger partial charge >= 0.3 is 0 Å². The van der Waals surface area contributed by atoms with Crippen LogP contribution in [0.2, 0.25) is 0 Å². The standard InChI is InChI=1S/C18H29BrO2/c1-5-6-7-8-9-10-11-16(20)17-14(3)15(19)12-13(2)18(17)21-4/h12,16,20H,5-11H2,1-4H3. The molecule has 1 unspecified atom stereocenters. The molecule has 1 N–H and O–H groups in total. The van der Waals surface area contributed by atoms with E-state index in [4.69, 9.17) is 4.74 Å². The Morgan fingerprint density at radius 2 is 1.76 bits per heavy atom. The highest BCUT2D eigenvalue weighted by Gasteiger charge is 2.19. The molecule has 0 fully saturated rings. The second-order valence-electron chi connectivity index (χ2n) is 5.82. The van der Waals surface area contributed by atoms with E-state index in [1.165, 1.54) is 32.1 Å². The number of ether oxygens (including phenoxy) is 1. The Balaban J connectivity index is 2.67. The Morgan fingerprint density at radius 3 is 2.38 bits per heavy atom. The average molecular weight is 357 g/mol. The summed E-state index contributed by atoms with van der Waals surface area (Å²) in [4.78, 5) is 0. The van der Waals surface area contributed by atoms with E-state index in [1.54, 1.807) is 7.11 Å². The van der Waals surface area contributed by atoms with Gasteiger partial charge in [-0.05, 0) is 37.5 Å². The summed E-state index contributed by atoms with van der Waals surface area (Å²) in [5, 5.41) is 10.6. The number of aliphatic hydroxyl groups excluding tert-OH is 1. The smallest absolute Gasteiger partial charge is 0.127 e. The van der Waals surface area contributed by atoms with E-state index < -0.39 is 6.10 Å². The number of hydrogen-bond acceptors (Lipinski definition) is 2. The normalized spacial score (nSPS) is 12.5. The second-order valence-corrected chi connectivity index (χ2v) is 6.67. The lowest BCUT2D eigenvalue weighted by atomic mass is 9.95. The maximum Gasteiger partial charge on any atom is 0.127 e. The predicted molar refractivity (Wildman–Crippen MR) is 93.1 cm³/mol. The van der Waals surface area contributed by atoms with E-state index in [0.29, 0.717) is 0 Å². The lowest BCUT2D eigenvalue weighted by molar-refractivity contribution is 0.158. The maximum atomic E-state index is 10.6. The molecule has 2 nitrogen and oxygen atoms in total. The van der Waals surface area contributed by atoms with Crippen molar-refractivity contribution in [3.05, 3.63) is 27.2 Å². The van der Waals surface area contributed by atoms with E-state index >= 15 is 0 Å². The molecule has 0 saturated heterocycles. The van der Waals surface area contributed by atoms with Gasteiger partial charge in [0.1, 0.15) is 5.75 Å². The van der Waals surface area contributed by atoms with E-state index in [-0.39, 0.29) is 0 Å². The third-order valence-electron chi connectivity index (χ3n) is 4.08. The first-order chi connectivity index (χ1) is 10.0. The van der Waals surface area contributed by atoms with Crippen LogP contribution in [-0.2, 0) is 0 Å². The lowest BCUT2D eigenvalue weighted by Gasteiger charge is -2.20. The highest BCUT2D eigenvalue weighted by atomic mass is 79.9. The molecular formula is C18H29BrO2. The number of unbranched alkanes of at least 4 members (excludes halogenated alkanes) is 5. The van der Waals surface area contributed by atoms with Crippen molar-refractivity contribution in [3.63, 3.8) is 0 Å². The number of methoxy groups -OCH3 is 1. The molecule has 1 atom stereocenters. The minimum absolute atomic E-state index is 0.442. The van der Waals surface area contributed by atoms with Gasteiger partial charge in [0.05, 0.1) is 13.2 Å². The summed E-state index contributed by atoms with van der Waals surface area (Å²) < 4.78 is 6.55. The van der Waals surface area contributed by atoms with Crippen molar-refractivity contribution in [1.29, 1.82) is 0 Å². The molecule has 0 spiro atoms. The molecule has 1 aromatic carbocycles. The van der Waals surface area contributed by atoms with Crippen molar-refractivity contribution >= 4 is 15.9 Å². The zero-order chi connectivity index (χ0) is 15.8. The molecule has 0 bridgehead atoms. The molecule has 0 saturated carbocycles. The monoisotopic (exact) mass is 356 g/mol. The minimum Gasteiger partial charge on any atom is -0.496 e. The van der Waals surface area contributed by atoms with Gasteiger partial charge in [0.2, 0.25) is 0 Å². The molecule has 0 aromatic heterocycles. The van der Waals surface area contributed by atoms with Gasteiger partial charge in [0, 0.05) is 10.0 Å².